The molecule has 1 aliphatic rings. The van der Waals surface area contributed by atoms with Gasteiger partial charge < -0.3 is 4.57 Å². The SMILES string of the molecule is CCn1c(CCl)nnc1C1CCC1. The van der Waals surface area contributed by atoms with Gasteiger partial charge in [-0.15, -0.1) is 21.8 Å². The monoisotopic (exact) mass is 199 g/mol. The molecule has 1 heterocycles. The average molecular weight is 200 g/mol. The Balaban J connectivity index is 2.28. The van der Waals surface area contributed by atoms with Gasteiger partial charge in [-0.05, 0) is 19.8 Å². The van der Waals surface area contributed by atoms with Crippen molar-refractivity contribution in [2.45, 2.75) is 44.5 Å². The highest BCUT2D eigenvalue weighted by Gasteiger charge is 2.25. The molecule has 4 heteroatoms. The summed E-state index contributed by atoms with van der Waals surface area (Å²) < 4.78 is 2.15. The highest BCUT2D eigenvalue weighted by Crippen LogP contribution is 2.35. The summed E-state index contributed by atoms with van der Waals surface area (Å²) in [5.41, 5.74) is 0. The molecule has 0 unspecified atom stereocenters. The third kappa shape index (κ3) is 1.46. The Morgan fingerprint density at radius 2 is 2.23 bits per heavy atom. The summed E-state index contributed by atoms with van der Waals surface area (Å²) in [7, 11) is 0. The Hall–Kier alpha value is -0.570. The fraction of sp³-hybridized carbons (Fsp3) is 0.778. The van der Waals surface area contributed by atoms with E-state index in [0.717, 1.165) is 18.2 Å². The minimum Gasteiger partial charge on any atom is -0.314 e. The van der Waals surface area contributed by atoms with Crippen LogP contribution in [0.15, 0.2) is 0 Å². The Bertz CT molecular complexity index is 291. The van der Waals surface area contributed by atoms with Gasteiger partial charge >= 0.3 is 0 Å². The van der Waals surface area contributed by atoms with Crippen molar-refractivity contribution < 1.29 is 0 Å². The van der Waals surface area contributed by atoms with Gasteiger partial charge in [0.25, 0.3) is 0 Å². The van der Waals surface area contributed by atoms with Crippen molar-refractivity contribution in [2.24, 2.45) is 0 Å². The summed E-state index contributed by atoms with van der Waals surface area (Å²) in [5, 5.41) is 8.30. The first-order valence-corrected chi connectivity index (χ1v) is 5.38. The molecule has 0 spiro atoms. The van der Waals surface area contributed by atoms with E-state index in [1.807, 2.05) is 0 Å². The number of nitrogens with zero attached hydrogens (tertiary/aromatic N) is 3. The maximum Gasteiger partial charge on any atom is 0.147 e. The molecule has 0 saturated heterocycles. The van der Waals surface area contributed by atoms with Crippen LogP contribution in [0.1, 0.15) is 43.8 Å². The second-order valence-electron chi connectivity index (χ2n) is 3.48. The second kappa shape index (κ2) is 3.66. The lowest BCUT2D eigenvalue weighted by Gasteiger charge is -2.24. The average Bonchev–Trinajstić information content (AvgIpc) is 2.44. The third-order valence-corrected chi connectivity index (χ3v) is 3.00. The van der Waals surface area contributed by atoms with Crippen molar-refractivity contribution in [2.75, 3.05) is 0 Å². The topological polar surface area (TPSA) is 30.7 Å². The molecule has 1 aliphatic carbocycles. The predicted octanol–water partition coefficient (Wildman–Crippen LogP) is 2.30. The first kappa shape index (κ1) is 9.00. The van der Waals surface area contributed by atoms with Crippen molar-refractivity contribution in [3.05, 3.63) is 11.6 Å². The molecule has 0 aromatic carbocycles. The Morgan fingerprint density at radius 3 is 2.69 bits per heavy atom. The van der Waals surface area contributed by atoms with Crippen molar-refractivity contribution in [1.29, 1.82) is 0 Å². The molecule has 0 amide bonds. The number of alkyl halides is 1. The van der Waals surface area contributed by atoms with Crippen LogP contribution in [0.5, 0.6) is 0 Å². The van der Waals surface area contributed by atoms with Crippen LogP contribution in [-0.4, -0.2) is 14.8 Å². The van der Waals surface area contributed by atoms with Crippen molar-refractivity contribution in [3.8, 4) is 0 Å². The van der Waals surface area contributed by atoms with E-state index in [0.29, 0.717) is 11.8 Å². The van der Waals surface area contributed by atoms with E-state index in [-0.39, 0.29) is 0 Å². The normalized spacial score (nSPS) is 17.4. The van der Waals surface area contributed by atoms with Gasteiger partial charge in [-0.3, -0.25) is 0 Å². The van der Waals surface area contributed by atoms with Gasteiger partial charge in [0.15, 0.2) is 0 Å². The minimum absolute atomic E-state index is 0.466. The number of hydrogen-bond acceptors (Lipinski definition) is 2. The molecule has 0 radical (unpaired) electrons. The van der Waals surface area contributed by atoms with Gasteiger partial charge in [-0.25, -0.2) is 0 Å². The Morgan fingerprint density at radius 1 is 1.46 bits per heavy atom. The molecule has 0 aliphatic heterocycles. The molecule has 1 aromatic rings. The zero-order valence-electron chi connectivity index (χ0n) is 7.83. The lowest BCUT2D eigenvalue weighted by atomic mass is 9.85. The third-order valence-electron chi connectivity index (χ3n) is 2.76. The molecule has 0 N–H and O–H groups in total. The van der Waals surface area contributed by atoms with Crippen LogP contribution in [0.4, 0.5) is 0 Å². The molecule has 1 saturated carbocycles. The number of hydrogen-bond donors (Lipinski definition) is 0. The fourth-order valence-electron chi connectivity index (χ4n) is 1.76. The molecule has 1 aromatic heterocycles. The maximum atomic E-state index is 5.77. The highest BCUT2D eigenvalue weighted by atomic mass is 35.5. The predicted molar refractivity (Wildman–Crippen MR) is 51.8 cm³/mol. The molecule has 1 fully saturated rings. The summed E-state index contributed by atoms with van der Waals surface area (Å²) in [6, 6.07) is 0. The molecular formula is C9H14ClN3. The molecular weight excluding hydrogens is 186 g/mol. The first-order valence-electron chi connectivity index (χ1n) is 4.84. The molecule has 72 valence electrons. The summed E-state index contributed by atoms with van der Waals surface area (Å²) in [5.74, 6) is 3.16. The van der Waals surface area contributed by atoms with Crippen LogP contribution < -0.4 is 0 Å². The van der Waals surface area contributed by atoms with E-state index >= 15 is 0 Å². The summed E-state index contributed by atoms with van der Waals surface area (Å²) in [6.45, 7) is 3.04. The number of aromatic nitrogens is 3. The number of rotatable bonds is 3. The first-order chi connectivity index (χ1) is 6.36. The molecule has 0 bridgehead atoms. The van der Waals surface area contributed by atoms with E-state index in [1.54, 1.807) is 0 Å². The van der Waals surface area contributed by atoms with Crippen molar-refractivity contribution in [3.63, 3.8) is 0 Å². The van der Waals surface area contributed by atoms with E-state index in [1.165, 1.54) is 19.3 Å². The quantitative estimate of drug-likeness (QED) is 0.700. The summed E-state index contributed by atoms with van der Waals surface area (Å²) >= 11 is 5.77. The van der Waals surface area contributed by atoms with Crippen molar-refractivity contribution in [1.82, 2.24) is 14.8 Å². The van der Waals surface area contributed by atoms with Crippen molar-refractivity contribution >= 4 is 11.6 Å². The van der Waals surface area contributed by atoms with E-state index in [9.17, 15) is 0 Å². The van der Waals surface area contributed by atoms with Crippen LogP contribution in [0.25, 0.3) is 0 Å². The Kier molecular flexibility index (Phi) is 2.54. The van der Waals surface area contributed by atoms with E-state index in [2.05, 4.69) is 21.7 Å². The fourth-order valence-corrected chi connectivity index (χ4v) is 1.96. The minimum atomic E-state index is 0.466. The van der Waals surface area contributed by atoms with Gasteiger partial charge in [-0.2, -0.15) is 0 Å². The van der Waals surface area contributed by atoms with Gasteiger partial charge in [0, 0.05) is 12.5 Å². The standard InChI is InChI=1S/C9H14ClN3/c1-2-13-8(6-10)11-12-9(13)7-4-3-5-7/h7H,2-6H2,1H3. The maximum absolute atomic E-state index is 5.77. The highest BCUT2D eigenvalue weighted by molar-refractivity contribution is 6.16. The molecule has 2 rings (SSSR count). The summed E-state index contributed by atoms with van der Waals surface area (Å²) in [6.07, 6.45) is 3.86. The lowest BCUT2D eigenvalue weighted by molar-refractivity contribution is 0.387. The number of halogens is 1. The van der Waals surface area contributed by atoms with Crippen LogP contribution in [0.3, 0.4) is 0 Å². The van der Waals surface area contributed by atoms with Gasteiger partial charge in [-0.1, -0.05) is 6.42 Å². The second-order valence-corrected chi connectivity index (χ2v) is 3.75. The van der Waals surface area contributed by atoms with Crippen LogP contribution in [0.2, 0.25) is 0 Å². The van der Waals surface area contributed by atoms with Crippen LogP contribution in [0, 0.1) is 0 Å². The van der Waals surface area contributed by atoms with E-state index < -0.39 is 0 Å². The van der Waals surface area contributed by atoms with E-state index in [4.69, 9.17) is 11.6 Å². The molecule has 3 nitrogen and oxygen atoms in total. The van der Waals surface area contributed by atoms with Gasteiger partial charge in [0.2, 0.25) is 0 Å². The zero-order valence-corrected chi connectivity index (χ0v) is 8.59. The smallest absolute Gasteiger partial charge is 0.147 e. The van der Waals surface area contributed by atoms with Gasteiger partial charge in [0.05, 0.1) is 5.88 Å². The molecule has 0 atom stereocenters. The lowest BCUT2D eigenvalue weighted by Crippen LogP contribution is -2.15. The van der Waals surface area contributed by atoms with Crippen LogP contribution >= 0.6 is 11.6 Å². The Labute approximate surface area is 83.1 Å². The molecule has 13 heavy (non-hydrogen) atoms. The largest absolute Gasteiger partial charge is 0.314 e. The summed E-state index contributed by atoms with van der Waals surface area (Å²) in [4.78, 5) is 0. The zero-order chi connectivity index (χ0) is 9.26. The van der Waals surface area contributed by atoms with Crippen LogP contribution in [-0.2, 0) is 12.4 Å². The van der Waals surface area contributed by atoms with Gasteiger partial charge in [0.1, 0.15) is 11.6 Å².